The Morgan fingerprint density at radius 3 is 2.86 bits per heavy atom. The highest BCUT2D eigenvalue weighted by molar-refractivity contribution is 6.02. The molecule has 0 aliphatic heterocycles. The van der Waals surface area contributed by atoms with E-state index in [-0.39, 0.29) is 12.1 Å². The number of carbonyl (C=O) groups is 1. The minimum Gasteiger partial charge on any atom is -0.464 e. The van der Waals surface area contributed by atoms with Gasteiger partial charge >= 0.3 is 12.2 Å². The molecule has 3 aromatic rings. The lowest BCUT2D eigenvalue weighted by Gasteiger charge is -2.23. The summed E-state index contributed by atoms with van der Waals surface area (Å²) in [7, 11) is 1.46. The van der Waals surface area contributed by atoms with Crippen LogP contribution in [0.5, 0.6) is 6.08 Å². The summed E-state index contributed by atoms with van der Waals surface area (Å²) in [6.45, 7) is 3.54. The molecular weight excluding hydrogens is 276 g/mol. The smallest absolute Gasteiger partial charge is 0.428 e. The van der Waals surface area contributed by atoms with Gasteiger partial charge in [0.1, 0.15) is 11.0 Å². The normalized spacial score (nSPS) is 11.4. The van der Waals surface area contributed by atoms with Crippen LogP contribution >= 0.6 is 0 Å². The van der Waals surface area contributed by atoms with Gasteiger partial charge in [0.05, 0.1) is 19.3 Å². The lowest BCUT2D eigenvalue weighted by Crippen LogP contribution is -2.45. The number of methoxy groups -OCH3 is 1. The van der Waals surface area contributed by atoms with Gasteiger partial charge in [-0.15, -0.1) is 0 Å². The first-order valence-electron chi connectivity index (χ1n) is 6.36. The number of fused-ring (bicyclic) bond motifs is 3. The van der Waals surface area contributed by atoms with E-state index in [1.165, 1.54) is 11.9 Å². The van der Waals surface area contributed by atoms with Crippen LogP contribution in [-0.4, -0.2) is 39.2 Å². The van der Waals surface area contributed by atoms with Gasteiger partial charge in [0, 0.05) is 5.39 Å². The second-order valence-corrected chi connectivity index (χ2v) is 4.79. The molecular formula is C13H14N4O4. The first-order valence-corrected chi connectivity index (χ1v) is 6.36. The number of ether oxygens (including phenoxy) is 1. The second kappa shape index (κ2) is 4.65. The number of amides is 1. The Hall–Kier alpha value is -2.77. The highest BCUT2D eigenvalue weighted by Gasteiger charge is 2.23. The third-order valence-electron chi connectivity index (χ3n) is 3.12. The van der Waals surface area contributed by atoms with Gasteiger partial charge < -0.3 is 14.3 Å². The third-order valence-corrected chi connectivity index (χ3v) is 3.12. The van der Waals surface area contributed by atoms with Crippen molar-refractivity contribution in [1.29, 1.82) is 0 Å². The van der Waals surface area contributed by atoms with Gasteiger partial charge in [-0.25, -0.2) is 4.79 Å². The number of rotatable bonds is 3. The monoisotopic (exact) mass is 290 g/mol. The topological polar surface area (TPSA) is 93.6 Å². The van der Waals surface area contributed by atoms with Gasteiger partial charge in [0.2, 0.25) is 0 Å². The highest BCUT2D eigenvalue weighted by atomic mass is 16.6. The van der Waals surface area contributed by atoms with Crippen molar-refractivity contribution in [2.45, 2.75) is 19.9 Å². The maximum absolute atomic E-state index is 11.5. The van der Waals surface area contributed by atoms with E-state index >= 15 is 0 Å². The molecule has 2 aromatic heterocycles. The molecule has 0 spiro atoms. The van der Waals surface area contributed by atoms with Crippen molar-refractivity contribution in [2.75, 3.05) is 12.1 Å². The van der Waals surface area contributed by atoms with Gasteiger partial charge in [0.15, 0.2) is 5.58 Å². The van der Waals surface area contributed by atoms with Crippen LogP contribution in [-0.2, 0) is 0 Å². The maximum Gasteiger partial charge on any atom is 0.428 e. The molecule has 0 aliphatic rings. The second-order valence-electron chi connectivity index (χ2n) is 4.79. The molecule has 8 nitrogen and oxygen atoms in total. The van der Waals surface area contributed by atoms with Gasteiger partial charge in [0.25, 0.3) is 0 Å². The first-order chi connectivity index (χ1) is 10.0. The molecule has 1 aromatic carbocycles. The number of benzene rings is 1. The van der Waals surface area contributed by atoms with Crippen LogP contribution in [0, 0.1) is 0 Å². The largest absolute Gasteiger partial charge is 0.464 e. The minimum absolute atomic E-state index is 0.122. The van der Waals surface area contributed by atoms with Crippen molar-refractivity contribution < 1.29 is 19.1 Å². The third kappa shape index (κ3) is 1.95. The van der Waals surface area contributed by atoms with Gasteiger partial charge in [-0.1, -0.05) is 0 Å². The van der Waals surface area contributed by atoms with Crippen molar-refractivity contribution in [2.24, 2.45) is 0 Å². The summed E-state index contributed by atoms with van der Waals surface area (Å²) in [4.78, 5) is 17.0. The van der Waals surface area contributed by atoms with Crippen LogP contribution in [0.1, 0.15) is 13.8 Å². The Bertz CT molecular complexity index is 820. The first kappa shape index (κ1) is 13.2. The molecule has 3 rings (SSSR count). The molecule has 21 heavy (non-hydrogen) atoms. The van der Waals surface area contributed by atoms with Crippen LogP contribution in [0.4, 0.5) is 4.79 Å². The summed E-state index contributed by atoms with van der Waals surface area (Å²) in [6.07, 6.45) is 0.618. The van der Waals surface area contributed by atoms with E-state index in [9.17, 15) is 9.90 Å². The van der Waals surface area contributed by atoms with Crippen LogP contribution in [0.3, 0.4) is 0 Å². The molecule has 0 unspecified atom stereocenters. The molecule has 0 fully saturated rings. The van der Waals surface area contributed by atoms with Crippen molar-refractivity contribution >= 4 is 28.1 Å². The molecule has 1 amide bonds. The fraction of sp³-hybridized carbons (Fsp3) is 0.308. The summed E-state index contributed by atoms with van der Waals surface area (Å²) in [5.74, 6) is 0. The number of nitrogens with zero attached hydrogens (tertiary/aromatic N) is 4. The summed E-state index contributed by atoms with van der Waals surface area (Å²) < 4.78 is 10.4. The predicted octanol–water partition coefficient (Wildman–Crippen LogP) is 2.21. The lowest BCUT2D eigenvalue weighted by molar-refractivity contribution is 0.190. The van der Waals surface area contributed by atoms with Crippen molar-refractivity contribution in [3.8, 4) is 6.08 Å². The molecule has 0 saturated heterocycles. The van der Waals surface area contributed by atoms with E-state index in [0.29, 0.717) is 16.6 Å². The quantitative estimate of drug-likeness (QED) is 0.794. The van der Waals surface area contributed by atoms with Crippen LogP contribution in [0.2, 0.25) is 0 Å². The van der Waals surface area contributed by atoms with E-state index in [1.807, 2.05) is 0 Å². The Balaban J connectivity index is 2.33. The van der Waals surface area contributed by atoms with Gasteiger partial charge in [-0.2, -0.15) is 19.9 Å². The molecule has 2 heterocycles. The van der Waals surface area contributed by atoms with E-state index in [0.717, 1.165) is 10.4 Å². The fourth-order valence-electron chi connectivity index (χ4n) is 2.24. The number of carboxylic acid groups (broad SMARTS) is 1. The summed E-state index contributed by atoms with van der Waals surface area (Å²) in [5.41, 5.74) is 1.58. The van der Waals surface area contributed by atoms with Crippen LogP contribution < -0.4 is 9.75 Å². The Labute approximate surface area is 119 Å². The Morgan fingerprint density at radius 2 is 2.24 bits per heavy atom. The summed E-state index contributed by atoms with van der Waals surface area (Å²) in [6, 6.07) is 3.26. The molecule has 110 valence electrons. The number of hydrogen-bond acceptors (Lipinski definition) is 5. The molecule has 0 aliphatic carbocycles. The Kier molecular flexibility index (Phi) is 2.93. The lowest BCUT2D eigenvalue weighted by atomic mass is 10.2. The molecule has 8 heteroatoms. The minimum atomic E-state index is -1.09. The average Bonchev–Trinajstić information content (AvgIpc) is 3.00. The average molecular weight is 290 g/mol. The molecule has 0 radical (unpaired) electrons. The van der Waals surface area contributed by atoms with E-state index in [1.54, 1.807) is 32.2 Å². The Morgan fingerprint density at radius 1 is 1.48 bits per heavy atom. The number of hydrogen-bond donors (Lipinski definition) is 1. The molecule has 0 atom stereocenters. The van der Waals surface area contributed by atoms with Gasteiger partial charge in [-0.3, -0.25) is 0 Å². The van der Waals surface area contributed by atoms with E-state index in [4.69, 9.17) is 9.15 Å². The van der Waals surface area contributed by atoms with Crippen molar-refractivity contribution in [3.63, 3.8) is 0 Å². The predicted molar refractivity (Wildman–Crippen MR) is 75.2 cm³/mol. The fourth-order valence-corrected chi connectivity index (χ4v) is 2.24. The zero-order valence-electron chi connectivity index (χ0n) is 11.8. The van der Waals surface area contributed by atoms with Crippen molar-refractivity contribution in [1.82, 2.24) is 14.9 Å². The van der Waals surface area contributed by atoms with E-state index in [2.05, 4.69) is 10.1 Å². The van der Waals surface area contributed by atoms with Crippen LogP contribution in [0.25, 0.3) is 22.0 Å². The SMILES string of the molecule is COc1nc2c(ccc3cnn(N(C(=O)O)C(C)C)c32)o1. The zero-order valence-corrected chi connectivity index (χ0v) is 11.8. The molecule has 0 saturated carbocycles. The van der Waals surface area contributed by atoms with Crippen molar-refractivity contribution in [3.05, 3.63) is 18.3 Å². The zero-order chi connectivity index (χ0) is 15.1. The number of aromatic nitrogens is 3. The maximum atomic E-state index is 11.5. The molecule has 0 bridgehead atoms. The highest BCUT2D eigenvalue weighted by Crippen LogP contribution is 2.28. The number of oxazole rings is 1. The summed E-state index contributed by atoms with van der Waals surface area (Å²) >= 11 is 0. The van der Waals surface area contributed by atoms with E-state index < -0.39 is 6.09 Å². The standard InChI is InChI=1S/C13H14N4O4/c1-7(2)16(13(18)19)17-11-8(6-14-17)4-5-9-10(11)15-12(20-3)21-9/h4-7H,1-3H3,(H,18,19). The summed E-state index contributed by atoms with van der Waals surface area (Å²) in [5, 5.41) is 15.5. The van der Waals surface area contributed by atoms with Crippen LogP contribution in [0.15, 0.2) is 22.7 Å². The molecule has 1 N–H and O–H groups in total. The van der Waals surface area contributed by atoms with Gasteiger partial charge in [-0.05, 0) is 26.0 Å².